The Bertz CT molecular complexity index is 1150. The molecule has 10 heteroatoms. The molecule has 0 saturated heterocycles. The number of alkyl halides is 3. The van der Waals surface area contributed by atoms with Crippen LogP contribution in [0.3, 0.4) is 0 Å². The van der Waals surface area contributed by atoms with Gasteiger partial charge in [-0.2, -0.15) is 5.10 Å². The summed E-state index contributed by atoms with van der Waals surface area (Å²) < 4.78 is 57.7. The zero-order valence-corrected chi connectivity index (χ0v) is 14.4. The molecule has 2 aromatic carbocycles. The van der Waals surface area contributed by atoms with Crippen LogP contribution in [0, 0.1) is 5.82 Å². The predicted octanol–water partition coefficient (Wildman–Crippen LogP) is 3.96. The molecule has 29 heavy (non-hydrogen) atoms. The molecule has 0 saturated carbocycles. The van der Waals surface area contributed by atoms with Gasteiger partial charge >= 0.3 is 12.3 Å². The van der Waals surface area contributed by atoms with E-state index in [1.54, 1.807) is 6.07 Å². The van der Waals surface area contributed by atoms with Gasteiger partial charge in [0.15, 0.2) is 5.69 Å². The predicted molar refractivity (Wildman–Crippen MR) is 92.9 cm³/mol. The molecule has 0 spiro atoms. The molecule has 3 aromatic rings. The van der Waals surface area contributed by atoms with Crippen LogP contribution in [0.2, 0.25) is 0 Å². The number of hydrogen-bond acceptors (Lipinski definition) is 4. The van der Waals surface area contributed by atoms with Crippen LogP contribution < -0.4 is 4.74 Å². The number of aromatic nitrogens is 2. The zero-order valence-electron chi connectivity index (χ0n) is 14.4. The van der Waals surface area contributed by atoms with Gasteiger partial charge in [-0.05, 0) is 36.4 Å². The summed E-state index contributed by atoms with van der Waals surface area (Å²) in [5, 5.41) is 13.2. The van der Waals surface area contributed by atoms with Gasteiger partial charge in [0.05, 0.1) is 23.6 Å². The fraction of sp³-hybridized carbons (Fsp3) is 0.105. The van der Waals surface area contributed by atoms with E-state index in [0.29, 0.717) is 5.69 Å². The number of nitrogens with zero attached hydrogens (tertiary/aromatic N) is 3. The maximum absolute atomic E-state index is 14.4. The summed E-state index contributed by atoms with van der Waals surface area (Å²) >= 11 is 0. The van der Waals surface area contributed by atoms with E-state index in [1.165, 1.54) is 35.0 Å². The van der Waals surface area contributed by atoms with Gasteiger partial charge < -0.3 is 9.84 Å². The molecule has 1 aromatic heterocycles. The first-order valence-electron chi connectivity index (χ1n) is 8.25. The van der Waals surface area contributed by atoms with Crippen LogP contribution in [0.1, 0.15) is 27.3 Å². The quantitative estimate of drug-likeness (QED) is 0.670. The van der Waals surface area contributed by atoms with Crippen molar-refractivity contribution in [1.82, 2.24) is 9.78 Å². The van der Waals surface area contributed by atoms with Gasteiger partial charge in [0, 0.05) is 11.1 Å². The Morgan fingerprint density at radius 3 is 2.55 bits per heavy atom. The zero-order chi connectivity index (χ0) is 20.8. The average molecular weight is 405 g/mol. The Balaban J connectivity index is 1.94. The summed E-state index contributed by atoms with van der Waals surface area (Å²) in [6, 6.07) is 10.5. The molecule has 0 fully saturated rings. The van der Waals surface area contributed by atoms with Crippen molar-refractivity contribution in [3.63, 3.8) is 0 Å². The van der Waals surface area contributed by atoms with Crippen molar-refractivity contribution in [3.8, 4) is 11.4 Å². The molecule has 0 atom stereocenters. The van der Waals surface area contributed by atoms with Crippen LogP contribution in [0.25, 0.3) is 5.69 Å². The van der Waals surface area contributed by atoms with Crippen molar-refractivity contribution in [2.75, 3.05) is 0 Å². The third kappa shape index (κ3) is 3.56. The maximum atomic E-state index is 14.4. The number of aliphatic imine (C=N–C) groups is 1. The lowest BCUT2D eigenvalue weighted by atomic mass is 10.00. The summed E-state index contributed by atoms with van der Waals surface area (Å²) in [6.45, 7) is -0.0475. The Hall–Kier alpha value is -3.69. The van der Waals surface area contributed by atoms with Crippen molar-refractivity contribution < 1.29 is 32.2 Å². The van der Waals surface area contributed by atoms with Crippen LogP contribution in [0.5, 0.6) is 5.75 Å². The maximum Gasteiger partial charge on any atom is 0.573 e. The van der Waals surface area contributed by atoms with Crippen molar-refractivity contribution in [1.29, 1.82) is 0 Å². The number of fused-ring (bicyclic) bond motifs is 3. The second-order valence-electron chi connectivity index (χ2n) is 6.11. The number of benzene rings is 2. The van der Waals surface area contributed by atoms with Crippen molar-refractivity contribution in [2.24, 2.45) is 4.99 Å². The summed E-state index contributed by atoms with van der Waals surface area (Å²) in [5.41, 5.74) is 0.706. The number of ether oxygens (including phenoxy) is 1. The molecule has 4 rings (SSSR count). The highest BCUT2D eigenvalue weighted by atomic mass is 19.4. The smallest absolute Gasteiger partial charge is 0.476 e. The first kappa shape index (κ1) is 18.7. The second-order valence-corrected chi connectivity index (χ2v) is 6.11. The van der Waals surface area contributed by atoms with Crippen LogP contribution in [0.4, 0.5) is 17.6 Å². The summed E-state index contributed by atoms with van der Waals surface area (Å²) in [7, 11) is 0. The number of carboxylic acid groups (broad SMARTS) is 1. The molecule has 148 valence electrons. The first-order chi connectivity index (χ1) is 13.7. The Morgan fingerprint density at radius 2 is 1.86 bits per heavy atom. The number of carboxylic acids is 1. The average Bonchev–Trinajstić information content (AvgIpc) is 3.01. The van der Waals surface area contributed by atoms with Crippen LogP contribution in [0.15, 0.2) is 53.5 Å². The van der Waals surface area contributed by atoms with E-state index in [2.05, 4.69) is 14.8 Å². The Labute approximate surface area is 160 Å². The van der Waals surface area contributed by atoms with Crippen LogP contribution in [-0.4, -0.2) is 32.9 Å². The molecule has 0 radical (unpaired) electrons. The molecule has 1 aliphatic rings. The fourth-order valence-electron chi connectivity index (χ4n) is 3.06. The van der Waals surface area contributed by atoms with Gasteiger partial charge in [0.2, 0.25) is 0 Å². The molecule has 0 aliphatic carbocycles. The SMILES string of the molecule is O=C(O)c1cc2n(n1)-c1ccc(OC(F)(F)F)cc1C(c1ccccc1F)=NC2. The third-order valence-corrected chi connectivity index (χ3v) is 4.22. The molecule has 0 unspecified atom stereocenters. The van der Waals surface area contributed by atoms with E-state index >= 15 is 0 Å². The molecule has 1 N–H and O–H groups in total. The lowest BCUT2D eigenvalue weighted by molar-refractivity contribution is -0.274. The number of carbonyl (C=O) groups is 1. The van der Waals surface area contributed by atoms with E-state index in [4.69, 9.17) is 0 Å². The lowest BCUT2D eigenvalue weighted by Gasteiger charge is -2.15. The molecule has 1 aliphatic heterocycles. The topological polar surface area (TPSA) is 76.7 Å². The molecular weight excluding hydrogens is 394 g/mol. The van der Waals surface area contributed by atoms with Crippen LogP contribution >= 0.6 is 0 Å². The highest BCUT2D eigenvalue weighted by Crippen LogP contribution is 2.31. The van der Waals surface area contributed by atoms with Crippen molar-refractivity contribution >= 4 is 11.7 Å². The Kier molecular flexibility index (Phi) is 4.33. The standard InChI is InChI=1S/C19H11F4N3O3/c20-14-4-2-1-3-12(14)17-13-8-11(29-19(21,22)23)5-6-16(13)26-10(9-24-17)7-15(25-26)18(27)28/h1-8H,9H2,(H,27,28). The second kappa shape index (κ2) is 6.73. The van der Waals surface area contributed by atoms with Gasteiger partial charge in [-0.1, -0.05) is 12.1 Å². The summed E-state index contributed by atoms with van der Waals surface area (Å²) in [6.07, 6.45) is -4.92. The molecule has 2 heterocycles. The van der Waals surface area contributed by atoms with Gasteiger partial charge in [-0.3, -0.25) is 4.99 Å². The monoisotopic (exact) mass is 405 g/mol. The van der Waals surface area contributed by atoms with Gasteiger partial charge in [0.1, 0.15) is 11.6 Å². The van der Waals surface area contributed by atoms with Crippen molar-refractivity contribution in [2.45, 2.75) is 12.9 Å². The number of aromatic carboxylic acids is 1. The summed E-state index contributed by atoms with van der Waals surface area (Å²) in [4.78, 5) is 15.6. The molecule has 0 amide bonds. The Morgan fingerprint density at radius 1 is 1.10 bits per heavy atom. The van der Waals surface area contributed by atoms with E-state index in [1.807, 2.05) is 0 Å². The fourth-order valence-corrected chi connectivity index (χ4v) is 3.06. The molecular formula is C19H11F4N3O3. The van der Waals surface area contributed by atoms with E-state index in [0.717, 1.165) is 12.1 Å². The third-order valence-electron chi connectivity index (χ3n) is 4.22. The minimum absolute atomic E-state index is 0.0475. The molecule has 6 nitrogen and oxygen atoms in total. The highest BCUT2D eigenvalue weighted by molar-refractivity contribution is 6.15. The van der Waals surface area contributed by atoms with E-state index < -0.39 is 23.9 Å². The van der Waals surface area contributed by atoms with Gasteiger partial charge in [-0.15, -0.1) is 13.2 Å². The lowest BCUT2D eigenvalue weighted by Crippen LogP contribution is -2.18. The minimum atomic E-state index is -4.92. The number of halogens is 4. The largest absolute Gasteiger partial charge is 0.573 e. The van der Waals surface area contributed by atoms with Gasteiger partial charge in [-0.25, -0.2) is 13.9 Å². The van der Waals surface area contributed by atoms with Crippen LogP contribution in [-0.2, 0) is 6.54 Å². The normalized spacial score (nSPS) is 13.2. The summed E-state index contributed by atoms with van der Waals surface area (Å²) in [5.74, 6) is -2.39. The molecule has 0 bridgehead atoms. The van der Waals surface area contributed by atoms with E-state index in [-0.39, 0.29) is 34.8 Å². The highest BCUT2D eigenvalue weighted by Gasteiger charge is 2.32. The van der Waals surface area contributed by atoms with Gasteiger partial charge in [0.25, 0.3) is 0 Å². The first-order valence-corrected chi connectivity index (χ1v) is 8.25. The van der Waals surface area contributed by atoms with Crippen molar-refractivity contribution in [3.05, 3.63) is 76.9 Å². The number of rotatable bonds is 3. The minimum Gasteiger partial charge on any atom is -0.476 e. The van der Waals surface area contributed by atoms with E-state index in [9.17, 15) is 27.5 Å². The number of hydrogen-bond donors (Lipinski definition) is 1.